The maximum Gasteiger partial charge on any atom is 0.305 e. The van der Waals surface area contributed by atoms with Crippen molar-refractivity contribution in [1.29, 1.82) is 0 Å². The number of nitrogens with one attached hydrogen (secondary N) is 1. The zero-order chi connectivity index (χ0) is 16.0. The fourth-order valence-corrected chi connectivity index (χ4v) is 2.66. The number of aliphatic carboxylic acids is 1. The van der Waals surface area contributed by atoms with Crippen LogP contribution >= 0.6 is 11.3 Å². The molecule has 2 N–H and O–H groups in total. The Labute approximate surface area is 127 Å². The predicted octanol–water partition coefficient (Wildman–Crippen LogP) is 1.58. The smallest absolute Gasteiger partial charge is 0.305 e. The average molecular weight is 312 g/mol. The number of likely N-dealkylation sites (N-methyl/N-ethyl adjacent to an activating group) is 1. The molecule has 6 nitrogen and oxygen atoms in total. The molecule has 0 fully saturated rings. The number of carbonyl (C=O) groups is 3. The van der Waals surface area contributed by atoms with Gasteiger partial charge in [0.15, 0.2) is 0 Å². The van der Waals surface area contributed by atoms with Crippen LogP contribution in [0.2, 0.25) is 0 Å². The minimum absolute atomic E-state index is 0.120. The summed E-state index contributed by atoms with van der Waals surface area (Å²) in [4.78, 5) is 37.0. The molecule has 0 saturated heterocycles. The third kappa shape index (κ3) is 4.86. The van der Waals surface area contributed by atoms with Crippen LogP contribution < -0.4 is 5.32 Å². The van der Waals surface area contributed by atoms with E-state index in [0.29, 0.717) is 11.4 Å². The van der Waals surface area contributed by atoms with Crippen molar-refractivity contribution in [2.75, 3.05) is 6.54 Å². The van der Waals surface area contributed by atoms with Gasteiger partial charge in [0.25, 0.3) is 5.91 Å². The average Bonchev–Trinajstić information content (AvgIpc) is 2.92. The molecule has 0 aliphatic heterocycles. The number of rotatable bonds is 7. The van der Waals surface area contributed by atoms with Gasteiger partial charge in [-0.2, -0.15) is 0 Å². The highest BCUT2D eigenvalue weighted by Gasteiger charge is 2.26. The van der Waals surface area contributed by atoms with Crippen molar-refractivity contribution in [3.8, 4) is 0 Å². The molecule has 0 saturated carbocycles. The van der Waals surface area contributed by atoms with Crippen LogP contribution in [0.25, 0.3) is 0 Å². The van der Waals surface area contributed by atoms with E-state index in [-0.39, 0.29) is 18.2 Å². The summed E-state index contributed by atoms with van der Waals surface area (Å²) in [6.07, 6.45) is -0.120. The first-order valence-electron chi connectivity index (χ1n) is 6.73. The van der Waals surface area contributed by atoms with Gasteiger partial charge in [-0.05, 0) is 32.2 Å². The Morgan fingerprint density at radius 1 is 1.38 bits per heavy atom. The molecule has 0 radical (unpaired) electrons. The number of nitrogens with zero attached hydrogens (tertiary/aromatic N) is 1. The predicted molar refractivity (Wildman–Crippen MR) is 80.3 cm³/mol. The molecule has 2 amide bonds. The molecule has 1 aromatic rings. The molecular formula is C14H20N2O4S. The van der Waals surface area contributed by atoms with E-state index in [1.165, 1.54) is 16.2 Å². The van der Waals surface area contributed by atoms with Crippen molar-refractivity contribution in [1.82, 2.24) is 10.2 Å². The van der Waals surface area contributed by atoms with Gasteiger partial charge in [0.1, 0.15) is 6.04 Å². The van der Waals surface area contributed by atoms with Gasteiger partial charge in [-0.15, -0.1) is 11.3 Å². The summed E-state index contributed by atoms with van der Waals surface area (Å²) in [5, 5.41) is 13.2. The summed E-state index contributed by atoms with van der Waals surface area (Å²) in [5.74, 6) is -1.53. The highest BCUT2D eigenvalue weighted by atomic mass is 32.1. The van der Waals surface area contributed by atoms with Crippen molar-refractivity contribution < 1.29 is 19.5 Å². The van der Waals surface area contributed by atoms with Crippen LogP contribution in [0.3, 0.4) is 0 Å². The minimum atomic E-state index is -0.955. The third-order valence-corrected chi connectivity index (χ3v) is 3.96. The van der Waals surface area contributed by atoms with Gasteiger partial charge in [0.2, 0.25) is 5.91 Å². The van der Waals surface area contributed by atoms with Crippen molar-refractivity contribution in [3.63, 3.8) is 0 Å². The Kier molecular flexibility index (Phi) is 6.36. The van der Waals surface area contributed by atoms with Gasteiger partial charge >= 0.3 is 5.97 Å². The Morgan fingerprint density at radius 3 is 2.52 bits per heavy atom. The summed E-state index contributed by atoms with van der Waals surface area (Å²) >= 11 is 1.30. The molecule has 0 spiro atoms. The number of thiophene rings is 1. The van der Waals surface area contributed by atoms with E-state index in [1.54, 1.807) is 38.3 Å². The van der Waals surface area contributed by atoms with Gasteiger partial charge in [-0.1, -0.05) is 6.07 Å². The van der Waals surface area contributed by atoms with Crippen molar-refractivity contribution >= 4 is 29.1 Å². The Morgan fingerprint density at radius 2 is 2.05 bits per heavy atom. The molecule has 1 heterocycles. The first-order chi connectivity index (χ1) is 9.86. The largest absolute Gasteiger partial charge is 0.481 e. The first kappa shape index (κ1) is 17.2. The van der Waals surface area contributed by atoms with Crippen LogP contribution in [0.5, 0.6) is 0 Å². The first-order valence-corrected chi connectivity index (χ1v) is 7.61. The van der Waals surface area contributed by atoms with Crippen LogP contribution in [0.4, 0.5) is 0 Å². The second-order valence-electron chi connectivity index (χ2n) is 4.74. The highest BCUT2D eigenvalue weighted by Crippen LogP contribution is 2.10. The second kappa shape index (κ2) is 7.78. The second-order valence-corrected chi connectivity index (χ2v) is 5.69. The van der Waals surface area contributed by atoms with Crippen LogP contribution in [-0.4, -0.2) is 46.4 Å². The van der Waals surface area contributed by atoms with Crippen LogP contribution in [0, 0.1) is 0 Å². The number of amides is 2. The molecule has 0 aliphatic carbocycles. The maximum atomic E-state index is 12.3. The van der Waals surface area contributed by atoms with Crippen molar-refractivity contribution in [2.45, 2.75) is 39.3 Å². The molecule has 0 aromatic carbocycles. The molecule has 2 unspecified atom stereocenters. The Hall–Kier alpha value is -1.89. The lowest BCUT2D eigenvalue weighted by Crippen LogP contribution is -2.50. The summed E-state index contributed by atoms with van der Waals surface area (Å²) in [6, 6.07) is 2.33. The summed E-state index contributed by atoms with van der Waals surface area (Å²) in [6.45, 7) is 5.46. The molecular weight excluding hydrogens is 292 g/mol. The van der Waals surface area contributed by atoms with E-state index < -0.39 is 18.1 Å². The Bertz CT molecular complexity index is 501. The summed E-state index contributed by atoms with van der Waals surface area (Å²) < 4.78 is 0. The lowest BCUT2D eigenvalue weighted by atomic mass is 10.1. The molecule has 116 valence electrons. The molecule has 7 heteroatoms. The fourth-order valence-electron chi connectivity index (χ4n) is 2.03. The van der Waals surface area contributed by atoms with E-state index in [2.05, 4.69) is 5.32 Å². The third-order valence-electron chi connectivity index (χ3n) is 3.09. The van der Waals surface area contributed by atoms with Gasteiger partial charge in [-0.25, -0.2) is 0 Å². The quantitative estimate of drug-likeness (QED) is 0.800. The monoisotopic (exact) mass is 312 g/mol. The van der Waals surface area contributed by atoms with Crippen molar-refractivity contribution in [3.05, 3.63) is 22.4 Å². The zero-order valence-corrected chi connectivity index (χ0v) is 13.1. The Balaban J connectivity index is 2.66. The zero-order valence-electron chi connectivity index (χ0n) is 12.3. The van der Waals surface area contributed by atoms with E-state index in [4.69, 9.17) is 5.11 Å². The molecule has 1 rings (SSSR count). The number of carbonyl (C=O) groups excluding carboxylic acids is 2. The van der Waals surface area contributed by atoms with Crippen LogP contribution in [0.1, 0.15) is 36.9 Å². The van der Waals surface area contributed by atoms with Crippen LogP contribution in [0.15, 0.2) is 17.5 Å². The minimum Gasteiger partial charge on any atom is -0.481 e. The van der Waals surface area contributed by atoms with Crippen molar-refractivity contribution in [2.24, 2.45) is 0 Å². The lowest BCUT2D eigenvalue weighted by Gasteiger charge is -2.29. The van der Waals surface area contributed by atoms with E-state index >= 15 is 0 Å². The number of hydrogen-bond donors (Lipinski definition) is 2. The van der Waals surface area contributed by atoms with Crippen LogP contribution in [-0.2, 0) is 9.59 Å². The summed E-state index contributed by atoms with van der Waals surface area (Å²) in [5.41, 5.74) is 0. The number of hydrogen-bond acceptors (Lipinski definition) is 4. The van der Waals surface area contributed by atoms with Gasteiger partial charge < -0.3 is 15.3 Å². The number of carboxylic acids is 1. The van der Waals surface area contributed by atoms with E-state index in [9.17, 15) is 14.4 Å². The van der Waals surface area contributed by atoms with Gasteiger partial charge in [-0.3, -0.25) is 14.4 Å². The topological polar surface area (TPSA) is 86.7 Å². The fraction of sp³-hybridized carbons (Fsp3) is 0.500. The maximum absolute atomic E-state index is 12.3. The standard InChI is InChI=1S/C14H20N2O4S/c1-4-16(9(2)8-12(17)18)14(20)10(3)15-13(19)11-6-5-7-21-11/h5-7,9-10H,4,8H2,1-3H3,(H,15,19)(H,17,18). The van der Waals surface area contributed by atoms with Gasteiger partial charge in [0.05, 0.1) is 11.3 Å². The summed E-state index contributed by atoms with van der Waals surface area (Å²) in [7, 11) is 0. The van der Waals surface area contributed by atoms with E-state index in [0.717, 1.165) is 0 Å². The molecule has 1 aromatic heterocycles. The normalized spacial score (nSPS) is 13.3. The lowest BCUT2D eigenvalue weighted by molar-refractivity contribution is -0.141. The number of carboxylic acid groups (broad SMARTS) is 1. The van der Waals surface area contributed by atoms with E-state index in [1.807, 2.05) is 0 Å². The molecule has 21 heavy (non-hydrogen) atoms. The highest BCUT2D eigenvalue weighted by molar-refractivity contribution is 7.12. The molecule has 0 bridgehead atoms. The van der Waals surface area contributed by atoms with Gasteiger partial charge in [0, 0.05) is 12.6 Å². The molecule has 2 atom stereocenters. The SMILES string of the molecule is CCN(C(=O)C(C)NC(=O)c1cccs1)C(C)CC(=O)O. The molecule has 0 aliphatic rings.